The molecule has 0 radical (unpaired) electrons. The third kappa shape index (κ3) is 4.67. The van der Waals surface area contributed by atoms with Crippen molar-refractivity contribution in [3.63, 3.8) is 0 Å². The number of carbonyl (C=O) groups is 4. The number of likely N-dealkylation sites (N-methyl/N-ethyl adjacent to an activating group) is 1. The lowest BCUT2D eigenvalue weighted by molar-refractivity contribution is -0.271. The lowest BCUT2D eigenvalue weighted by atomic mass is 9.57. The second-order valence-corrected chi connectivity index (χ2v) is 12.1. The molecule has 1 aliphatic heterocycles. The fourth-order valence-electron chi connectivity index (χ4n) is 7.01. The van der Waals surface area contributed by atoms with Gasteiger partial charge in [-0.05, 0) is 50.6 Å². The monoisotopic (exact) mass is 633 g/mol. The van der Waals surface area contributed by atoms with Gasteiger partial charge in [0.2, 0.25) is 12.1 Å². The van der Waals surface area contributed by atoms with E-state index in [1.807, 2.05) is 0 Å². The first kappa shape index (κ1) is 32.3. The van der Waals surface area contributed by atoms with E-state index >= 15 is 0 Å². The number of aliphatic hydroxyl groups excluding tert-OH is 5. The van der Waals surface area contributed by atoms with Crippen molar-refractivity contribution < 1.29 is 64.4 Å². The van der Waals surface area contributed by atoms with Gasteiger partial charge in [-0.2, -0.15) is 0 Å². The van der Waals surface area contributed by atoms with Gasteiger partial charge >= 0.3 is 5.97 Å². The van der Waals surface area contributed by atoms with E-state index in [0.29, 0.717) is 11.3 Å². The smallest absolute Gasteiger partial charge is 0.335 e. The van der Waals surface area contributed by atoms with Crippen molar-refractivity contribution in [1.82, 2.24) is 4.90 Å². The zero-order chi connectivity index (χ0) is 33.4. The predicted molar refractivity (Wildman–Crippen MR) is 152 cm³/mol. The number of aliphatic carboxylic acids is 1. The quantitative estimate of drug-likeness (QED) is 0.152. The number of carboxylic acids is 1. The number of Topliss-reactive ketones (excluding diaryl/α,β-unsaturated/α-hetero) is 2. The number of benzene rings is 1. The Hall–Kier alpha value is -4.06. The second kappa shape index (κ2) is 11.1. The van der Waals surface area contributed by atoms with Crippen LogP contribution in [0.5, 0.6) is 5.75 Å². The van der Waals surface area contributed by atoms with Crippen LogP contribution in [0.4, 0.5) is 5.69 Å². The number of ether oxygens (including phenoxy) is 2. The van der Waals surface area contributed by atoms with Crippen LogP contribution in [0.2, 0.25) is 0 Å². The summed E-state index contributed by atoms with van der Waals surface area (Å²) in [7, 11) is 6.45. The number of nitrogens with two attached hydrogens (primary N) is 1. The Kier molecular flexibility index (Phi) is 7.96. The van der Waals surface area contributed by atoms with Crippen molar-refractivity contribution in [2.24, 2.45) is 17.6 Å². The first-order chi connectivity index (χ1) is 20.9. The molecule has 1 saturated carbocycles. The molecule has 0 spiro atoms. The molecule has 1 amide bonds. The van der Waals surface area contributed by atoms with Crippen LogP contribution < -0.4 is 15.4 Å². The van der Waals surface area contributed by atoms with Gasteiger partial charge in [0.05, 0.1) is 11.6 Å². The maximum atomic E-state index is 14.2. The van der Waals surface area contributed by atoms with Crippen LogP contribution in [-0.2, 0) is 30.3 Å². The van der Waals surface area contributed by atoms with Crippen LogP contribution in [-0.4, -0.2) is 135 Å². The highest BCUT2D eigenvalue weighted by atomic mass is 16.7. The van der Waals surface area contributed by atoms with Crippen LogP contribution >= 0.6 is 0 Å². The fraction of sp³-hybridized carbons (Fsp3) is 0.517. The minimum absolute atomic E-state index is 0.0619. The summed E-state index contributed by atoms with van der Waals surface area (Å²) in [6, 6.07) is 1.73. The van der Waals surface area contributed by atoms with Crippen LogP contribution in [0.3, 0.4) is 0 Å². The van der Waals surface area contributed by atoms with E-state index in [1.165, 1.54) is 25.1 Å². The van der Waals surface area contributed by atoms with Crippen molar-refractivity contribution in [3.8, 4) is 5.75 Å². The largest absolute Gasteiger partial charge is 0.508 e. The molecule has 0 bridgehead atoms. The highest BCUT2D eigenvalue weighted by Gasteiger charge is 2.64. The third-order valence-corrected chi connectivity index (χ3v) is 9.10. The molecule has 5 rings (SSSR count). The van der Waals surface area contributed by atoms with Gasteiger partial charge in [-0.1, -0.05) is 0 Å². The van der Waals surface area contributed by atoms with Crippen LogP contribution in [0.25, 0.3) is 5.76 Å². The summed E-state index contributed by atoms with van der Waals surface area (Å²) in [5.41, 5.74) is 2.25. The molecule has 1 aromatic carbocycles. The van der Waals surface area contributed by atoms with Gasteiger partial charge in [0, 0.05) is 31.3 Å². The standard InChI is InChI=1S/C29H35N3O13/c1-31(2)12-5-6-13(44-28-22(37)20(35)21(36)23(45-28)27(41)42)15-10(12)7-9-8-11-17(32(3)4)19(34)16(26(30)40)25(39)29(11,43)24(38)14(9)18(15)33/h5-6,9,11,17,20-23,28,33,35-37,39,43H,7-8H2,1-4H3,(H2,30,40)(H,41,42)/t9-,11-,17-,20?,21?,22?,23?,28?,29-/m0/s1. The second-order valence-electron chi connectivity index (χ2n) is 12.1. The summed E-state index contributed by atoms with van der Waals surface area (Å²) in [6.07, 6.45) is -9.73. The van der Waals surface area contributed by atoms with E-state index in [4.69, 9.17) is 15.2 Å². The first-order valence-corrected chi connectivity index (χ1v) is 14.0. The molecule has 3 aliphatic carbocycles. The van der Waals surface area contributed by atoms with E-state index in [-0.39, 0.29) is 29.7 Å². The van der Waals surface area contributed by atoms with Gasteiger partial charge in [0.15, 0.2) is 17.5 Å². The van der Waals surface area contributed by atoms with E-state index in [1.54, 1.807) is 25.1 Å². The molecular weight excluding hydrogens is 598 g/mol. The van der Waals surface area contributed by atoms with Crippen molar-refractivity contribution in [1.29, 1.82) is 0 Å². The Morgan fingerprint density at radius 2 is 1.69 bits per heavy atom. The van der Waals surface area contributed by atoms with E-state index < -0.39 is 94.7 Å². The van der Waals surface area contributed by atoms with Gasteiger partial charge in [0.25, 0.3) is 5.91 Å². The number of aliphatic hydroxyl groups is 6. The predicted octanol–water partition coefficient (Wildman–Crippen LogP) is -2.40. The summed E-state index contributed by atoms with van der Waals surface area (Å²) >= 11 is 0. The number of fused-ring (bicyclic) bond motifs is 3. The SMILES string of the molecule is CN(C)c1ccc(OC2OC(C(=O)O)C(O)C(O)C2O)c2c1C[C@H]1C[C@H]3[C@H](N(C)C)C(=O)C(C(N)=O)=C(O)[C@@]3(O)C(=O)C1=C2O. The zero-order valence-corrected chi connectivity index (χ0v) is 24.7. The van der Waals surface area contributed by atoms with E-state index in [0.717, 1.165) is 0 Å². The lowest BCUT2D eigenvalue weighted by Crippen LogP contribution is -2.65. The molecular formula is C29H35N3O13. The summed E-state index contributed by atoms with van der Waals surface area (Å²) < 4.78 is 11.0. The van der Waals surface area contributed by atoms with Crippen LogP contribution in [0.15, 0.2) is 29.0 Å². The van der Waals surface area contributed by atoms with Crippen LogP contribution in [0, 0.1) is 11.8 Å². The Labute approximate surface area is 256 Å². The number of ketones is 2. The Bertz CT molecular complexity index is 1550. The molecule has 1 aromatic rings. The molecule has 1 heterocycles. The number of carboxylic acid groups (broad SMARTS) is 1. The van der Waals surface area contributed by atoms with Gasteiger partial charge < -0.3 is 55.9 Å². The summed E-state index contributed by atoms with van der Waals surface area (Å²) in [6.45, 7) is 0. The summed E-state index contributed by atoms with van der Waals surface area (Å²) in [5.74, 6) is -9.11. The Morgan fingerprint density at radius 1 is 1.04 bits per heavy atom. The first-order valence-electron chi connectivity index (χ1n) is 14.0. The molecule has 16 nitrogen and oxygen atoms in total. The third-order valence-electron chi connectivity index (χ3n) is 9.10. The maximum absolute atomic E-state index is 14.2. The maximum Gasteiger partial charge on any atom is 0.335 e. The van der Waals surface area contributed by atoms with Gasteiger partial charge in [-0.3, -0.25) is 19.3 Å². The number of amides is 1. The Balaban J connectivity index is 1.67. The molecule has 1 saturated heterocycles. The zero-order valence-electron chi connectivity index (χ0n) is 24.7. The molecule has 2 fully saturated rings. The van der Waals surface area contributed by atoms with Gasteiger partial charge in [-0.25, -0.2) is 4.79 Å². The van der Waals surface area contributed by atoms with Crippen molar-refractivity contribution >= 4 is 34.9 Å². The molecule has 16 heteroatoms. The Morgan fingerprint density at radius 3 is 2.24 bits per heavy atom. The fourth-order valence-corrected chi connectivity index (χ4v) is 7.01. The number of nitrogens with zero attached hydrogens (tertiary/aromatic N) is 2. The highest BCUT2D eigenvalue weighted by molar-refractivity contribution is 6.24. The minimum atomic E-state index is -2.80. The van der Waals surface area contributed by atoms with E-state index in [9.17, 15) is 54.9 Å². The number of hydrogen-bond acceptors (Lipinski definition) is 14. The summed E-state index contributed by atoms with van der Waals surface area (Å²) in [5, 5.41) is 74.9. The molecule has 45 heavy (non-hydrogen) atoms. The van der Waals surface area contributed by atoms with E-state index in [2.05, 4.69) is 0 Å². The van der Waals surface area contributed by atoms with Gasteiger partial charge in [-0.15, -0.1) is 0 Å². The minimum Gasteiger partial charge on any atom is -0.508 e. The lowest BCUT2D eigenvalue weighted by Gasteiger charge is -2.50. The molecule has 0 aromatic heterocycles. The average molecular weight is 634 g/mol. The number of rotatable bonds is 6. The summed E-state index contributed by atoms with van der Waals surface area (Å²) in [4.78, 5) is 54.4. The molecule has 9 atom stereocenters. The van der Waals surface area contributed by atoms with Crippen molar-refractivity contribution in [3.05, 3.63) is 40.2 Å². The van der Waals surface area contributed by atoms with Gasteiger partial charge in [0.1, 0.15) is 41.2 Å². The normalized spacial score (nSPS) is 34.7. The van der Waals surface area contributed by atoms with Crippen LogP contribution in [0.1, 0.15) is 17.5 Å². The number of hydrogen-bond donors (Lipinski definition) is 8. The average Bonchev–Trinajstić information content (AvgIpc) is 2.94. The molecule has 244 valence electrons. The number of anilines is 1. The van der Waals surface area contributed by atoms with Crippen molar-refractivity contribution in [2.45, 2.75) is 55.2 Å². The number of primary amides is 1. The highest BCUT2D eigenvalue weighted by Crippen LogP contribution is 2.53. The molecule has 4 aliphatic rings. The molecule has 9 N–H and O–H groups in total. The topological polar surface area (TPSA) is 261 Å². The number of carbonyl (C=O) groups excluding carboxylic acids is 3. The molecule has 5 unspecified atom stereocenters. The van der Waals surface area contributed by atoms with Crippen molar-refractivity contribution in [2.75, 3.05) is 33.1 Å².